The quantitative estimate of drug-likeness (QED) is 0.363. The Hall–Kier alpha value is -1.43. The van der Waals surface area contributed by atoms with Gasteiger partial charge in [0.15, 0.2) is 11.8 Å². The maximum atomic E-state index is 9.80. The van der Waals surface area contributed by atoms with Crippen molar-refractivity contribution in [3.63, 3.8) is 0 Å². The summed E-state index contributed by atoms with van der Waals surface area (Å²) in [6, 6.07) is 0. The molecule has 56 valence electrons. The van der Waals surface area contributed by atoms with Gasteiger partial charge in [-0.25, -0.2) is 9.59 Å². The van der Waals surface area contributed by atoms with Crippen molar-refractivity contribution in [2.45, 2.75) is 6.10 Å². The number of hydrogen-bond donors (Lipinski definition) is 4. The molecule has 0 aromatic rings. The molecule has 0 aromatic carbocycles. The molecule has 6 nitrogen and oxygen atoms in total. The van der Waals surface area contributed by atoms with Crippen molar-refractivity contribution in [2.24, 2.45) is 0 Å². The highest BCUT2D eigenvalue weighted by molar-refractivity contribution is 6.39. The number of aliphatic hydroxyl groups is 1. The molecule has 0 aliphatic carbocycles. The highest BCUT2D eigenvalue weighted by Gasteiger charge is 2.24. The SMILES string of the molecule is N=C(C(=O)O)C(O)C(=O)O. The zero-order chi connectivity index (χ0) is 8.31. The largest absolute Gasteiger partial charge is 0.479 e. The molecule has 0 aliphatic rings. The second kappa shape index (κ2) is 2.92. The Morgan fingerprint density at radius 3 is 1.80 bits per heavy atom. The number of rotatable bonds is 3. The molecule has 0 aliphatic heterocycles. The van der Waals surface area contributed by atoms with Crippen molar-refractivity contribution >= 4 is 17.7 Å². The standard InChI is InChI=1S/C4H5NO5/c5-1(3(7)8)2(6)4(9)10/h2,5-6H,(H,7,8)(H,9,10). The first-order chi connectivity index (χ1) is 4.46. The van der Waals surface area contributed by atoms with Gasteiger partial charge in [0, 0.05) is 0 Å². The third-order valence-electron chi connectivity index (χ3n) is 0.738. The smallest absolute Gasteiger partial charge is 0.352 e. The van der Waals surface area contributed by atoms with E-state index in [0.717, 1.165) is 0 Å². The van der Waals surface area contributed by atoms with Gasteiger partial charge >= 0.3 is 11.9 Å². The van der Waals surface area contributed by atoms with Crippen LogP contribution >= 0.6 is 0 Å². The Labute approximate surface area is 55.2 Å². The Balaban J connectivity index is 4.22. The fourth-order valence-electron chi connectivity index (χ4n) is 0.240. The molecule has 4 N–H and O–H groups in total. The number of carboxylic acids is 2. The van der Waals surface area contributed by atoms with Gasteiger partial charge in [-0.2, -0.15) is 0 Å². The molecule has 6 heteroatoms. The number of carboxylic acid groups (broad SMARTS) is 2. The van der Waals surface area contributed by atoms with Crippen molar-refractivity contribution in [3.8, 4) is 0 Å². The van der Waals surface area contributed by atoms with Crippen LogP contribution in [-0.2, 0) is 9.59 Å². The lowest BCUT2D eigenvalue weighted by molar-refractivity contribution is -0.144. The summed E-state index contributed by atoms with van der Waals surface area (Å²) < 4.78 is 0. The summed E-state index contributed by atoms with van der Waals surface area (Å²) in [6.07, 6.45) is -2.24. The summed E-state index contributed by atoms with van der Waals surface area (Å²) in [5.74, 6) is -3.48. The van der Waals surface area contributed by atoms with Crippen LogP contribution in [0.3, 0.4) is 0 Å². The fourth-order valence-corrected chi connectivity index (χ4v) is 0.240. The van der Waals surface area contributed by atoms with E-state index in [0.29, 0.717) is 0 Å². The topological polar surface area (TPSA) is 119 Å². The molecule has 1 unspecified atom stereocenters. The molecule has 0 radical (unpaired) electrons. The molecular weight excluding hydrogens is 142 g/mol. The average molecular weight is 147 g/mol. The monoisotopic (exact) mass is 147 g/mol. The Bertz CT molecular complexity index is 186. The predicted octanol–water partition coefficient (Wildman–Crippen LogP) is -1.46. The summed E-state index contributed by atoms with van der Waals surface area (Å²) in [5.41, 5.74) is -1.24. The molecule has 0 amide bonds. The van der Waals surface area contributed by atoms with Gasteiger partial charge in [-0.05, 0) is 0 Å². The minimum absolute atomic E-state index is 1.24. The molecule has 0 aromatic heterocycles. The van der Waals surface area contributed by atoms with Crippen LogP contribution in [0.1, 0.15) is 0 Å². The predicted molar refractivity (Wildman–Crippen MR) is 29.0 cm³/mol. The van der Waals surface area contributed by atoms with Crippen LogP contribution in [0.5, 0.6) is 0 Å². The Kier molecular flexibility index (Phi) is 2.51. The van der Waals surface area contributed by atoms with Gasteiger partial charge in [0.1, 0.15) is 0 Å². The summed E-state index contributed by atoms with van der Waals surface area (Å²) in [5, 5.41) is 30.7. The number of aliphatic hydroxyl groups excluding tert-OH is 1. The lowest BCUT2D eigenvalue weighted by atomic mass is 10.2. The van der Waals surface area contributed by atoms with Gasteiger partial charge in [0.2, 0.25) is 0 Å². The normalized spacial score (nSPS) is 12.1. The molecule has 0 rings (SSSR count). The van der Waals surface area contributed by atoms with E-state index in [2.05, 4.69) is 0 Å². The van der Waals surface area contributed by atoms with Crippen molar-refractivity contribution < 1.29 is 24.9 Å². The van der Waals surface area contributed by atoms with Crippen molar-refractivity contribution in [3.05, 3.63) is 0 Å². The zero-order valence-electron chi connectivity index (χ0n) is 4.74. The second-order valence-electron chi connectivity index (χ2n) is 1.46. The van der Waals surface area contributed by atoms with Gasteiger partial charge in [0.05, 0.1) is 0 Å². The first-order valence-corrected chi connectivity index (χ1v) is 2.19. The minimum Gasteiger partial charge on any atom is -0.479 e. The number of carbonyl (C=O) groups is 2. The van der Waals surface area contributed by atoms with Crippen molar-refractivity contribution in [1.29, 1.82) is 5.41 Å². The van der Waals surface area contributed by atoms with E-state index in [9.17, 15) is 9.59 Å². The minimum atomic E-state index is -2.24. The molecule has 0 fully saturated rings. The van der Waals surface area contributed by atoms with Crippen LogP contribution in [0.4, 0.5) is 0 Å². The van der Waals surface area contributed by atoms with Crippen molar-refractivity contribution in [2.75, 3.05) is 0 Å². The van der Waals surface area contributed by atoms with E-state index in [4.69, 9.17) is 20.7 Å². The maximum absolute atomic E-state index is 9.80. The van der Waals surface area contributed by atoms with Gasteiger partial charge in [-0.1, -0.05) is 0 Å². The number of nitrogens with one attached hydrogen (secondary N) is 1. The lowest BCUT2D eigenvalue weighted by Crippen LogP contribution is -2.34. The van der Waals surface area contributed by atoms with E-state index in [1.807, 2.05) is 0 Å². The van der Waals surface area contributed by atoms with E-state index in [1.165, 1.54) is 0 Å². The van der Waals surface area contributed by atoms with E-state index >= 15 is 0 Å². The molecule has 0 spiro atoms. The number of aliphatic carboxylic acids is 2. The molecule has 0 bridgehead atoms. The van der Waals surface area contributed by atoms with Crippen molar-refractivity contribution in [1.82, 2.24) is 0 Å². The first kappa shape index (κ1) is 8.57. The molecule has 10 heavy (non-hydrogen) atoms. The van der Waals surface area contributed by atoms with Gasteiger partial charge in [0.25, 0.3) is 0 Å². The van der Waals surface area contributed by atoms with Crippen LogP contribution in [0.15, 0.2) is 0 Å². The summed E-state index contributed by atoms with van der Waals surface area (Å²) in [6.45, 7) is 0. The van der Waals surface area contributed by atoms with E-state index < -0.39 is 23.8 Å². The summed E-state index contributed by atoms with van der Waals surface area (Å²) >= 11 is 0. The van der Waals surface area contributed by atoms with Gasteiger partial charge in [-0.15, -0.1) is 0 Å². The highest BCUT2D eigenvalue weighted by Crippen LogP contribution is 1.85. The van der Waals surface area contributed by atoms with E-state index in [-0.39, 0.29) is 0 Å². The third kappa shape index (κ3) is 1.82. The third-order valence-corrected chi connectivity index (χ3v) is 0.738. The Morgan fingerprint density at radius 1 is 1.30 bits per heavy atom. The van der Waals surface area contributed by atoms with Crippen LogP contribution in [0.25, 0.3) is 0 Å². The van der Waals surface area contributed by atoms with Crippen LogP contribution in [0.2, 0.25) is 0 Å². The number of hydrogen-bond acceptors (Lipinski definition) is 4. The molecular formula is C4H5NO5. The molecule has 1 atom stereocenters. The fraction of sp³-hybridized carbons (Fsp3) is 0.250. The summed E-state index contributed by atoms with van der Waals surface area (Å²) in [4.78, 5) is 19.6. The maximum Gasteiger partial charge on any atom is 0.352 e. The van der Waals surface area contributed by atoms with Crippen LogP contribution in [0, 0.1) is 5.41 Å². The summed E-state index contributed by atoms with van der Waals surface area (Å²) in [7, 11) is 0. The lowest BCUT2D eigenvalue weighted by Gasteiger charge is -2.00. The molecule has 0 saturated carbocycles. The van der Waals surface area contributed by atoms with Gasteiger partial charge < -0.3 is 15.3 Å². The zero-order valence-corrected chi connectivity index (χ0v) is 4.74. The van der Waals surface area contributed by atoms with Gasteiger partial charge in [-0.3, -0.25) is 5.41 Å². The average Bonchev–Trinajstić information content (AvgIpc) is 1.84. The molecule has 0 heterocycles. The van der Waals surface area contributed by atoms with E-state index in [1.54, 1.807) is 0 Å². The highest BCUT2D eigenvalue weighted by atomic mass is 16.4. The second-order valence-corrected chi connectivity index (χ2v) is 1.46. The van der Waals surface area contributed by atoms with Crippen LogP contribution in [-0.4, -0.2) is 39.1 Å². The van der Waals surface area contributed by atoms with Crippen LogP contribution < -0.4 is 0 Å². The first-order valence-electron chi connectivity index (χ1n) is 2.19. The Morgan fingerprint density at radius 2 is 1.70 bits per heavy atom. The molecule has 0 saturated heterocycles.